The van der Waals surface area contributed by atoms with E-state index >= 15 is 0 Å². The number of unbranched alkanes of at least 4 members (excludes halogenated alkanes) is 1. The third-order valence-corrected chi connectivity index (χ3v) is 7.73. The maximum atomic E-state index is 13.4. The van der Waals surface area contributed by atoms with Gasteiger partial charge in [-0.25, -0.2) is 8.42 Å². The molecule has 204 valence electrons. The van der Waals surface area contributed by atoms with Crippen LogP contribution in [-0.4, -0.2) is 57.6 Å². The first-order valence-electron chi connectivity index (χ1n) is 12.4. The Balaban J connectivity index is 2.20. The minimum atomic E-state index is -3.60. The normalized spacial score (nSPS) is 12.1. The van der Waals surface area contributed by atoms with Crippen molar-refractivity contribution in [3.8, 4) is 5.75 Å². The zero-order valence-electron chi connectivity index (χ0n) is 22.3. The number of carbonyl (C=O) groups excluding carboxylic acids is 2. The number of ether oxygens (including phenoxy) is 1. The highest BCUT2D eigenvalue weighted by atomic mass is 35.5. The SMILES string of the molecule is CCCCNC(=O)C(C)N(Cc1cccc(OC)c1)C(=O)CCCN(c1cccc(Cl)c1C)S(C)(=O)=O. The molecule has 0 saturated heterocycles. The Morgan fingerprint density at radius 3 is 2.49 bits per heavy atom. The average molecular weight is 552 g/mol. The van der Waals surface area contributed by atoms with E-state index in [0.717, 1.165) is 24.7 Å². The van der Waals surface area contributed by atoms with Crippen LogP contribution in [0.15, 0.2) is 42.5 Å². The molecule has 1 unspecified atom stereocenters. The van der Waals surface area contributed by atoms with Gasteiger partial charge in [0.1, 0.15) is 11.8 Å². The maximum Gasteiger partial charge on any atom is 0.242 e. The monoisotopic (exact) mass is 551 g/mol. The smallest absolute Gasteiger partial charge is 0.242 e. The van der Waals surface area contributed by atoms with Gasteiger partial charge >= 0.3 is 0 Å². The summed E-state index contributed by atoms with van der Waals surface area (Å²) >= 11 is 6.21. The van der Waals surface area contributed by atoms with Crippen LogP contribution >= 0.6 is 11.6 Å². The highest BCUT2D eigenvalue weighted by Gasteiger charge is 2.27. The van der Waals surface area contributed by atoms with E-state index in [9.17, 15) is 18.0 Å². The van der Waals surface area contributed by atoms with Crippen LogP contribution in [-0.2, 0) is 26.2 Å². The summed E-state index contributed by atoms with van der Waals surface area (Å²) in [6.45, 7) is 6.38. The third kappa shape index (κ3) is 8.93. The van der Waals surface area contributed by atoms with Crippen LogP contribution in [0.5, 0.6) is 5.75 Å². The number of anilines is 1. The second-order valence-corrected chi connectivity index (χ2v) is 11.3. The van der Waals surface area contributed by atoms with Gasteiger partial charge in [0.05, 0.1) is 19.1 Å². The van der Waals surface area contributed by atoms with E-state index in [1.807, 2.05) is 31.2 Å². The summed E-state index contributed by atoms with van der Waals surface area (Å²) in [7, 11) is -2.03. The molecule has 0 spiro atoms. The van der Waals surface area contributed by atoms with Gasteiger partial charge in [-0.1, -0.05) is 43.1 Å². The first-order valence-corrected chi connectivity index (χ1v) is 14.6. The summed E-state index contributed by atoms with van der Waals surface area (Å²) in [6.07, 6.45) is 3.28. The highest BCUT2D eigenvalue weighted by Crippen LogP contribution is 2.28. The van der Waals surface area contributed by atoms with Crippen molar-refractivity contribution >= 4 is 39.1 Å². The van der Waals surface area contributed by atoms with Crippen molar-refractivity contribution in [3.63, 3.8) is 0 Å². The van der Waals surface area contributed by atoms with Gasteiger partial charge in [-0.05, 0) is 62.1 Å². The van der Waals surface area contributed by atoms with Crippen LogP contribution in [0.1, 0.15) is 50.7 Å². The van der Waals surface area contributed by atoms with Crippen molar-refractivity contribution in [3.05, 3.63) is 58.6 Å². The van der Waals surface area contributed by atoms with Gasteiger partial charge in [0, 0.05) is 31.1 Å². The van der Waals surface area contributed by atoms with Gasteiger partial charge in [-0.15, -0.1) is 0 Å². The molecule has 0 aliphatic carbocycles. The zero-order valence-corrected chi connectivity index (χ0v) is 23.9. The average Bonchev–Trinajstić information content (AvgIpc) is 2.86. The van der Waals surface area contributed by atoms with Gasteiger partial charge < -0.3 is 15.0 Å². The predicted molar refractivity (Wildman–Crippen MR) is 149 cm³/mol. The van der Waals surface area contributed by atoms with E-state index in [-0.39, 0.29) is 37.7 Å². The standard InChI is InChI=1S/C27H38ClN3O5S/c1-6-7-16-29-27(33)21(3)30(19-22-11-8-12-23(18-22)36-4)26(32)15-10-17-31(37(5,34)35)25-14-9-13-24(28)20(25)2/h8-9,11-14,18,21H,6-7,10,15-17,19H2,1-5H3,(H,29,33). The Kier molecular flexibility index (Phi) is 11.7. The zero-order chi connectivity index (χ0) is 27.6. The summed E-state index contributed by atoms with van der Waals surface area (Å²) in [5.41, 5.74) is 1.96. The maximum absolute atomic E-state index is 13.4. The van der Waals surface area contributed by atoms with Gasteiger partial charge in [-0.2, -0.15) is 0 Å². The minimum Gasteiger partial charge on any atom is -0.497 e. The lowest BCUT2D eigenvalue weighted by Gasteiger charge is -2.30. The molecule has 0 heterocycles. The minimum absolute atomic E-state index is 0.0716. The number of nitrogens with zero attached hydrogens (tertiary/aromatic N) is 2. The number of carbonyl (C=O) groups is 2. The van der Waals surface area contributed by atoms with Crippen molar-refractivity contribution in [1.82, 2.24) is 10.2 Å². The van der Waals surface area contributed by atoms with Gasteiger partial charge in [0.25, 0.3) is 0 Å². The molecular weight excluding hydrogens is 514 g/mol. The molecule has 10 heteroatoms. The third-order valence-electron chi connectivity index (χ3n) is 6.14. The summed E-state index contributed by atoms with van der Waals surface area (Å²) in [5.74, 6) is 0.194. The molecule has 0 aliphatic heterocycles. The Morgan fingerprint density at radius 1 is 1.14 bits per heavy atom. The van der Waals surface area contributed by atoms with Crippen molar-refractivity contribution in [1.29, 1.82) is 0 Å². The number of halogens is 1. The lowest BCUT2D eigenvalue weighted by molar-refractivity contribution is -0.140. The van der Waals surface area contributed by atoms with E-state index in [0.29, 0.717) is 28.6 Å². The van der Waals surface area contributed by atoms with Crippen LogP contribution in [0.2, 0.25) is 5.02 Å². The lowest BCUT2D eigenvalue weighted by Crippen LogP contribution is -2.48. The number of amides is 2. The van der Waals surface area contributed by atoms with E-state index < -0.39 is 16.1 Å². The molecule has 1 atom stereocenters. The van der Waals surface area contributed by atoms with Gasteiger partial charge in [0.15, 0.2) is 0 Å². The number of hydrogen-bond acceptors (Lipinski definition) is 5. The molecule has 0 fully saturated rings. The van der Waals surface area contributed by atoms with E-state index in [2.05, 4.69) is 5.32 Å². The van der Waals surface area contributed by atoms with E-state index in [4.69, 9.17) is 16.3 Å². The molecule has 8 nitrogen and oxygen atoms in total. The topological polar surface area (TPSA) is 96.0 Å². The fourth-order valence-electron chi connectivity index (χ4n) is 3.93. The summed E-state index contributed by atoms with van der Waals surface area (Å²) in [4.78, 5) is 27.7. The number of benzene rings is 2. The molecule has 0 aliphatic rings. The van der Waals surface area contributed by atoms with E-state index in [1.54, 1.807) is 39.2 Å². The quantitative estimate of drug-likeness (QED) is 0.348. The van der Waals surface area contributed by atoms with Crippen molar-refractivity contribution < 1.29 is 22.7 Å². The van der Waals surface area contributed by atoms with E-state index in [1.165, 1.54) is 9.21 Å². The largest absolute Gasteiger partial charge is 0.497 e. The molecule has 2 aromatic carbocycles. The number of sulfonamides is 1. The first kappa shape index (κ1) is 30.4. The molecule has 37 heavy (non-hydrogen) atoms. The Labute approximate surface area is 226 Å². The molecule has 1 N–H and O–H groups in total. The predicted octanol–water partition coefficient (Wildman–Crippen LogP) is 4.54. The summed E-state index contributed by atoms with van der Waals surface area (Å²) in [6, 6.07) is 11.7. The molecule has 2 rings (SSSR count). The fraction of sp³-hybridized carbons (Fsp3) is 0.481. The molecule has 2 aromatic rings. The molecule has 0 bridgehead atoms. The molecular formula is C27H38ClN3O5S. The van der Waals surface area contributed by atoms with Crippen LogP contribution in [0.3, 0.4) is 0 Å². The molecule has 2 amide bonds. The molecule has 0 saturated carbocycles. The summed E-state index contributed by atoms with van der Waals surface area (Å²) in [5, 5.41) is 3.36. The van der Waals surface area contributed by atoms with Crippen LogP contribution in [0.25, 0.3) is 0 Å². The molecule has 0 radical (unpaired) electrons. The van der Waals surface area contributed by atoms with Crippen LogP contribution in [0, 0.1) is 6.92 Å². The van der Waals surface area contributed by atoms with Gasteiger partial charge in [-0.3, -0.25) is 13.9 Å². The highest BCUT2D eigenvalue weighted by molar-refractivity contribution is 7.92. The second kappa shape index (κ2) is 14.2. The van der Waals surface area contributed by atoms with Crippen LogP contribution < -0.4 is 14.4 Å². The second-order valence-electron chi connectivity index (χ2n) is 9.02. The van der Waals surface area contributed by atoms with Crippen molar-refractivity contribution in [2.45, 2.75) is 59.0 Å². The first-order chi connectivity index (χ1) is 17.5. The summed E-state index contributed by atoms with van der Waals surface area (Å²) < 4.78 is 31.7. The number of hydrogen-bond donors (Lipinski definition) is 1. The molecule has 0 aromatic heterocycles. The Morgan fingerprint density at radius 2 is 1.84 bits per heavy atom. The lowest BCUT2D eigenvalue weighted by atomic mass is 10.1. The van der Waals surface area contributed by atoms with Crippen molar-refractivity contribution in [2.24, 2.45) is 0 Å². The van der Waals surface area contributed by atoms with Crippen LogP contribution in [0.4, 0.5) is 5.69 Å². The van der Waals surface area contributed by atoms with Gasteiger partial charge in [0.2, 0.25) is 21.8 Å². The number of methoxy groups -OCH3 is 1. The number of nitrogens with one attached hydrogen (secondary N) is 1. The Hall–Kier alpha value is -2.78. The fourth-order valence-corrected chi connectivity index (χ4v) is 5.12. The number of rotatable bonds is 14. The van der Waals surface area contributed by atoms with Crippen molar-refractivity contribution in [2.75, 3.05) is 30.8 Å². The Bertz CT molecular complexity index is 1170.